The zero-order valence-corrected chi connectivity index (χ0v) is 18.3. The summed E-state index contributed by atoms with van der Waals surface area (Å²) < 4.78 is 0. The highest BCUT2D eigenvalue weighted by Gasteiger charge is 2.17. The Kier molecular flexibility index (Phi) is 5.48. The van der Waals surface area contributed by atoms with Crippen LogP contribution in [0.5, 0.6) is 0 Å². The lowest BCUT2D eigenvalue weighted by Crippen LogP contribution is -2.18. The number of aromatic amines is 1. The molecule has 0 spiro atoms. The fraction of sp³-hybridized carbons (Fsp3) is 0.148. The second-order valence-corrected chi connectivity index (χ2v) is 8.14. The molecule has 5 aromatic rings. The Morgan fingerprint density at radius 3 is 2.56 bits per heavy atom. The van der Waals surface area contributed by atoms with Crippen molar-refractivity contribution in [3.05, 3.63) is 102 Å². The highest BCUT2D eigenvalue weighted by atomic mass is 15.1. The summed E-state index contributed by atoms with van der Waals surface area (Å²) in [5.74, 6) is 0.919. The van der Waals surface area contributed by atoms with E-state index in [1.54, 1.807) is 0 Å². The van der Waals surface area contributed by atoms with E-state index in [2.05, 4.69) is 64.4 Å². The Morgan fingerprint density at radius 1 is 0.844 bits per heavy atom. The number of rotatable bonds is 6. The van der Waals surface area contributed by atoms with Crippen molar-refractivity contribution >= 4 is 10.9 Å². The van der Waals surface area contributed by atoms with Crippen LogP contribution in [0.15, 0.2) is 85.1 Å². The Labute approximate surface area is 187 Å². The molecule has 5 nitrogen and oxygen atoms in total. The maximum atomic E-state index is 5.02. The van der Waals surface area contributed by atoms with E-state index in [-0.39, 0.29) is 0 Å². The molecule has 3 heterocycles. The van der Waals surface area contributed by atoms with E-state index >= 15 is 0 Å². The molecule has 0 bridgehead atoms. The van der Waals surface area contributed by atoms with E-state index in [4.69, 9.17) is 9.97 Å². The summed E-state index contributed by atoms with van der Waals surface area (Å²) in [6.45, 7) is 3.58. The molecule has 1 N–H and O–H groups in total. The Hall–Kier alpha value is -3.83. The molecule has 0 saturated heterocycles. The molecule has 0 unspecified atom stereocenters. The zero-order valence-electron chi connectivity index (χ0n) is 18.3. The number of hydrogen-bond donors (Lipinski definition) is 1. The molecule has 0 saturated carbocycles. The topological polar surface area (TPSA) is 57.7 Å². The van der Waals surface area contributed by atoms with Crippen LogP contribution in [-0.2, 0) is 13.1 Å². The second-order valence-electron chi connectivity index (χ2n) is 8.14. The normalized spacial score (nSPS) is 11.3. The van der Waals surface area contributed by atoms with Gasteiger partial charge < -0.3 is 4.98 Å². The Bertz CT molecular complexity index is 1360. The number of H-pyrrole nitrogens is 1. The molecule has 0 aliphatic rings. The molecule has 5 heteroatoms. The van der Waals surface area contributed by atoms with Crippen LogP contribution >= 0.6 is 0 Å². The van der Waals surface area contributed by atoms with Crippen molar-refractivity contribution in [2.75, 3.05) is 7.05 Å². The molecule has 0 aliphatic heterocycles. The van der Waals surface area contributed by atoms with Crippen molar-refractivity contribution in [2.24, 2.45) is 0 Å². The number of pyridine rings is 2. The predicted molar refractivity (Wildman–Crippen MR) is 129 cm³/mol. The van der Waals surface area contributed by atoms with Gasteiger partial charge in [0.2, 0.25) is 0 Å². The quantitative estimate of drug-likeness (QED) is 0.388. The van der Waals surface area contributed by atoms with Gasteiger partial charge in [0.15, 0.2) is 0 Å². The average Bonchev–Trinajstić information content (AvgIpc) is 3.23. The summed E-state index contributed by atoms with van der Waals surface area (Å²) in [5, 5.41) is 1.10. The fourth-order valence-corrected chi connectivity index (χ4v) is 4.00. The summed E-state index contributed by atoms with van der Waals surface area (Å²) in [7, 11) is 2.11. The lowest BCUT2D eigenvalue weighted by atomic mass is 10.1. The van der Waals surface area contributed by atoms with Crippen molar-refractivity contribution in [1.29, 1.82) is 0 Å². The van der Waals surface area contributed by atoms with Gasteiger partial charge in [0.05, 0.1) is 29.1 Å². The van der Waals surface area contributed by atoms with E-state index in [9.17, 15) is 0 Å². The number of aryl methyl sites for hydroxylation is 1. The summed E-state index contributed by atoms with van der Waals surface area (Å²) in [5.41, 5.74) is 7.05. The summed E-state index contributed by atoms with van der Waals surface area (Å²) in [6, 6.07) is 26.9. The highest BCUT2D eigenvalue weighted by molar-refractivity contribution is 5.86. The molecule has 3 aromatic heterocycles. The molecule has 0 fully saturated rings. The monoisotopic (exact) mass is 419 g/mol. The molecule has 0 radical (unpaired) electrons. The molecule has 32 heavy (non-hydrogen) atoms. The first-order chi connectivity index (χ1) is 15.7. The van der Waals surface area contributed by atoms with E-state index < -0.39 is 0 Å². The van der Waals surface area contributed by atoms with Crippen LogP contribution in [0.25, 0.3) is 33.5 Å². The van der Waals surface area contributed by atoms with E-state index in [1.165, 1.54) is 5.56 Å². The van der Waals surface area contributed by atoms with Crippen molar-refractivity contribution in [3.8, 4) is 22.6 Å². The van der Waals surface area contributed by atoms with Gasteiger partial charge in [0.25, 0.3) is 0 Å². The molecular weight excluding hydrogens is 394 g/mol. The minimum Gasteiger partial charge on any atom is -0.339 e. The first-order valence-electron chi connectivity index (χ1n) is 10.8. The Balaban J connectivity index is 1.53. The molecule has 5 rings (SSSR count). The van der Waals surface area contributed by atoms with Gasteiger partial charge in [-0.2, -0.15) is 0 Å². The maximum absolute atomic E-state index is 5.02. The summed E-state index contributed by atoms with van der Waals surface area (Å²) in [4.78, 5) is 20.0. The fourth-order valence-electron chi connectivity index (χ4n) is 4.00. The summed E-state index contributed by atoms with van der Waals surface area (Å²) in [6.07, 6.45) is 1.82. The molecule has 0 aliphatic carbocycles. The third-order valence-electron chi connectivity index (χ3n) is 5.49. The largest absolute Gasteiger partial charge is 0.339 e. The first kappa shape index (κ1) is 20.1. The van der Waals surface area contributed by atoms with Crippen molar-refractivity contribution < 1.29 is 0 Å². The molecule has 158 valence electrons. The third-order valence-corrected chi connectivity index (χ3v) is 5.49. The van der Waals surface area contributed by atoms with Crippen LogP contribution in [0.1, 0.15) is 17.1 Å². The smallest absolute Gasteiger partial charge is 0.121 e. The third kappa shape index (κ3) is 4.29. The van der Waals surface area contributed by atoms with E-state index in [1.807, 2.05) is 49.5 Å². The number of hydrogen-bond acceptors (Lipinski definition) is 4. The van der Waals surface area contributed by atoms with Crippen molar-refractivity contribution in [2.45, 2.75) is 20.0 Å². The van der Waals surface area contributed by atoms with Crippen molar-refractivity contribution in [3.63, 3.8) is 0 Å². The van der Waals surface area contributed by atoms with Crippen LogP contribution in [0.3, 0.4) is 0 Å². The van der Waals surface area contributed by atoms with Crippen LogP contribution in [0.4, 0.5) is 0 Å². The lowest BCUT2D eigenvalue weighted by Gasteiger charge is -2.15. The maximum Gasteiger partial charge on any atom is 0.121 e. The van der Waals surface area contributed by atoms with Crippen molar-refractivity contribution in [1.82, 2.24) is 24.8 Å². The van der Waals surface area contributed by atoms with Crippen LogP contribution in [-0.4, -0.2) is 31.9 Å². The minimum atomic E-state index is 0.711. The minimum absolute atomic E-state index is 0.711. The predicted octanol–water partition coefficient (Wildman–Crippen LogP) is 5.63. The van der Waals surface area contributed by atoms with Crippen LogP contribution < -0.4 is 0 Å². The second kappa shape index (κ2) is 8.73. The van der Waals surface area contributed by atoms with Gasteiger partial charge in [-0.15, -0.1) is 0 Å². The number of nitrogens with one attached hydrogen (secondary N) is 1. The van der Waals surface area contributed by atoms with E-state index in [0.29, 0.717) is 6.54 Å². The van der Waals surface area contributed by atoms with Gasteiger partial charge >= 0.3 is 0 Å². The Morgan fingerprint density at radius 2 is 1.72 bits per heavy atom. The van der Waals surface area contributed by atoms with Gasteiger partial charge in [-0.1, -0.05) is 48.5 Å². The number of imidazole rings is 1. The number of fused-ring (bicyclic) bond motifs is 1. The average molecular weight is 420 g/mol. The number of aromatic nitrogens is 4. The molecular formula is C27H25N5. The number of benzene rings is 2. The first-order valence-corrected chi connectivity index (χ1v) is 10.8. The van der Waals surface area contributed by atoms with Crippen LogP contribution in [0.2, 0.25) is 0 Å². The van der Waals surface area contributed by atoms with Gasteiger partial charge in [0.1, 0.15) is 5.82 Å². The standard InChI is InChI=1S/C27H25N5/c1-19-8-6-12-24(29-19)27-26(22-13-14-23-21(16-22)11-7-15-28-23)30-25(31-27)18-32(2)17-20-9-4-3-5-10-20/h3-16H,17-18H2,1-2H3,(H,30,31). The lowest BCUT2D eigenvalue weighted by molar-refractivity contribution is 0.312. The van der Waals surface area contributed by atoms with Gasteiger partial charge in [-0.05, 0) is 49.9 Å². The molecule has 2 aromatic carbocycles. The van der Waals surface area contributed by atoms with Gasteiger partial charge in [0, 0.05) is 29.4 Å². The van der Waals surface area contributed by atoms with E-state index in [0.717, 1.165) is 51.6 Å². The zero-order chi connectivity index (χ0) is 21.9. The van der Waals surface area contributed by atoms with Gasteiger partial charge in [-0.25, -0.2) is 4.98 Å². The number of nitrogens with zero attached hydrogens (tertiary/aromatic N) is 4. The van der Waals surface area contributed by atoms with Gasteiger partial charge in [-0.3, -0.25) is 14.9 Å². The molecule has 0 atom stereocenters. The molecule has 0 amide bonds. The van der Waals surface area contributed by atoms with Crippen LogP contribution in [0, 0.1) is 6.92 Å². The summed E-state index contributed by atoms with van der Waals surface area (Å²) >= 11 is 0. The SMILES string of the molecule is Cc1cccc(-c2[nH]c(CN(C)Cc3ccccc3)nc2-c2ccc3ncccc3c2)n1. The highest BCUT2D eigenvalue weighted by Crippen LogP contribution is 2.31.